The molecule has 2 amide bonds. The summed E-state index contributed by atoms with van der Waals surface area (Å²) < 4.78 is 4.74. The van der Waals surface area contributed by atoms with Crippen LogP contribution in [0.2, 0.25) is 0 Å². The van der Waals surface area contributed by atoms with Crippen molar-refractivity contribution < 1.29 is 14.3 Å². The Morgan fingerprint density at radius 3 is 2.49 bits per heavy atom. The molecule has 0 radical (unpaired) electrons. The maximum atomic E-state index is 13.5. The van der Waals surface area contributed by atoms with Gasteiger partial charge >= 0.3 is 6.09 Å². The summed E-state index contributed by atoms with van der Waals surface area (Å²) in [6.45, 7) is 4.44. The van der Waals surface area contributed by atoms with Gasteiger partial charge in [0.2, 0.25) is 5.91 Å². The van der Waals surface area contributed by atoms with Crippen molar-refractivity contribution in [3.05, 3.63) is 91.0 Å². The highest BCUT2D eigenvalue weighted by Crippen LogP contribution is 2.34. The number of ether oxygens (including phenoxy) is 1. The van der Waals surface area contributed by atoms with Gasteiger partial charge in [-0.05, 0) is 59.7 Å². The van der Waals surface area contributed by atoms with Crippen molar-refractivity contribution in [2.45, 2.75) is 38.8 Å². The number of likely N-dealkylation sites (tertiary alicyclic amines) is 1. The Bertz CT molecular complexity index is 1720. The van der Waals surface area contributed by atoms with Crippen molar-refractivity contribution in [1.82, 2.24) is 25.2 Å². The second-order valence-corrected chi connectivity index (χ2v) is 11.3. The van der Waals surface area contributed by atoms with E-state index < -0.39 is 12.1 Å². The maximum Gasteiger partial charge on any atom is 0.407 e. The topological polar surface area (TPSA) is 115 Å². The third-order valence-electron chi connectivity index (χ3n) is 8.10. The smallest absolute Gasteiger partial charge is 0.407 e. The van der Waals surface area contributed by atoms with Crippen molar-refractivity contribution in [2.24, 2.45) is 5.92 Å². The van der Waals surface area contributed by atoms with E-state index in [9.17, 15) is 9.59 Å². The van der Waals surface area contributed by atoms with Gasteiger partial charge in [-0.25, -0.2) is 9.78 Å². The summed E-state index contributed by atoms with van der Waals surface area (Å²) in [5, 5.41) is 7.33. The molecule has 0 aliphatic carbocycles. The molecule has 0 spiro atoms. The summed E-state index contributed by atoms with van der Waals surface area (Å²) in [6, 6.07) is 24.1. The van der Waals surface area contributed by atoms with Crippen LogP contribution in [-0.4, -0.2) is 51.5 Å². The molecule has 4 N–H and O–H groups in total. The Hall–Kier alpha value is -5.05. The van der Waals surface area contributed by atoms with Gasteiger partial charge in [-0.3, -0.25) is 4.79 Å². The van der Waals surface area contributed by atoms with Gasteiger partial charge in [0, 0.05) is 29.3 Å². The zero-order valence-corrected chi connectivity index (χ0v) is 24.6. The molecular weight excluding hydrogens is 540 g/mol. The van der Waals surface area contributed by atoms with Gasteiger partial charge in [0.15, 0.2) is 0 Å². The molecule has 43 heavy (non-hydrogen) atoms. The zero-order valence-electron chi connectivity index (χ0n) is 24.6. The van der Waals surface area contributed by atoms with Crippen molar-refractivity contribution in [3.8, 4) is 22.4 Å². The number of hydrogen-bond acceptors (Lipinski definition) is 5. The number of carbonyl (C=O) groups is 2. The first-order valence-corrected chi connectivity index (χ1v) is 14.6. The minimum absolute atomic E-state index is 0.0804. The number of imidazole rings is 1. The molecule has 1 aliphatic rings. The monoisotopic (exact) mass is 576 g/mol. The molecule has 3 heterocycles. The SMILES string of the molecule is COC(=O)N[C@H](C(=O)N1CCC[C@H]1c1ncc(-c2ccc(-c3ccc4[nH]cc(Nc5ccccc5)c4c3)cc2)[nH]1)C(C)C. The third-order valence-corrected chi connectivity index (χ3v) is 8.10. The van der Waals surface area contributed by atoms with Crippen molar-refractivity contribution in [3.63, 3.8) is 0 Å². The predicted octanol–water partition coefficient (Wildman–Crippen LogP) is 7.01. The van der Waals surface area contributed by atoms with Crippen LogP contribution in [0.4, 0.5) is 16.2 Å². The summed E-state index contributed by atoms with van der Waals surface area (Å²) in [5.74, 6) is 0.553. The Kier molecular flexibility index (Phi) is 7.87. The highest BCUT2D eigenvalue weighted by Gasteiger charge is 2.37. The highest BCUT2D eigenvalue weighted by molar-refractivity contribution is 5.97. The van der Waals surface area contributed by atoms with E-state index in [1.54, 1.807) is 0 Å². The summed E-state index contributed by atoms with van der Waals surface area (Å²) in [7, 11) is 1.30. The van der Waals surface area contributed by atoms with E-state index in [-0.39, 0.29) is 17.9 Å². The van der Waals surface area contributed by atoms with E-state index in [1.807, 2.05) is 49.3 Å². The zero-order chi connectivity index (χ0) is 29.9. The predicted molar refractivity (Wildman–Crippen MR) is 169 cm³/mol. The number of nitrogens with zero attached hydrogens (tertiary/aromatic N) is 2. The minimum Gasteiger partial charge on any atom is -0.453 e. The number of carbonyl (C=O) groups excluding carboxylic acids is 2. The normalized spacial score (nSPS) is 15.5. The summed E-state index contributed by atoms with van der Waals surface area (Å²) in [5.41, 5.74) is 7.29. The van der Waals surface area contributed by atoms with E-state index in [1.165, 1.54) is 7.11 Å². The van der Waals surface area contributed by atoms with E-state index >= 15 is 0 Å². The van der Waals surface area contributed by atoms with Gasteiger partial charge in [-0.15, -0.1) is 0 Å². The van der Waals surface area contributed by atoms with E-state index in [0.717, 1.165) is 63.3 Å². The number of H-pyrrole nitrogens is 2. The molecule has 2 atom stereocenters. The molecule has 2 aromatic heterocycles. The molecule has 9 heteroatoms. The quantitative estimate of drug-likeness (QED) is 0.159. The number of para-hydroxylation sites is 1. The maximum absolute atomic E-state index is 13.5. The highest BCUT2D eigenvalue weighted by atomic mass is 16.5. The average molecular weight is 577 g/mol. The number of methoxy groups -OCH3 is 1. The standard InChI is InChI=1S/C34H36N6O3/c1-21(2)31(39-34(42)43-3)33(41)40-17-7-10-30(40)32-36-19-28(38-32)23-13-11-22(12-14-23)24-15-16-27-26(18-24)29(20-35-27)37-25-8-5-4-6-9-25/h4-6,8-9,11-16,18-21,30-31,35,37H,7,10,17H2,1-3H3,(H,36,38)(H,39,42)/t30-,31-/m0/s1. The van der Waals surface area contributed by atoms with Gasteiger partial charge in [-0.1, -0.05) is 62.4 Å². The van der Waals surface area contributed by atoms with Crippen LogP contribution < -0.4 is 10.6 Å². The largest absolute Gasteiger partial charge is 0.453 e. The van der Waals surface area contributed by atoms with Crippen LogP contribution in [0.25, 0.3) is 33.3 Å². The van der Waals surface area contributed by atoms with Crippen LogP contribution in [0, 0.1) is 5.92 Å². The molecule has 6 rings (SSSR count). The van der Waals surface area contributed by atoms with Gasteiger partial charge in [-0.2, -0.15) is 0 Å². The molecule has 220 valence electrons. The molecular formula is C34H36N6O3. The second kappa shape index (κ2) is 12.1. The van der Waals surface area contributed by atoms with Crippen LogP contribution >= 0.6 is 0 Å². The number of hydrogen-bond donors (Lipinski definition) is 4. The van der Waals surface area contributed by atoms with Gasteiger partial charge in [0.05, 0.1) is 30.7 Å². The fourth-order valence-electron chi connectivity index (χ4n) is 5.77. The first-order valence-electron chi connectivity index (χ1n) is 14.6. The Balaban J connectivity index is 1.19. The molecule has 5 aromatic rings. The van der Waals surface area contributed by atoms with Crippen LogP contribution in [0.3, 0.4) is 0 Å². The number of benzene rings is 3. The van der Waals surface area contributed by atoms with E-state index in [0.29, 0.717) is 6.54 Å². The van der Waals surface area contributed by atoms with Gasteiger partial charge in [0.1, 0.15) is 11.9 Å². The third kappa shape index (κ3) is 5.83. The average Bonchev–Trinajstić information content (AvgIpc) is 3.80. The van der Waals surface area contributed by atoms with Crippen LogP contribution in [0.1, 0.15) is 38.6 Å². The number of fused-ring (bicyclic) bond motifs is 1. The fourth-order valence-corrected chi connectivity index (χ4v) is 5.77. The molecule has 1 aliphatic heterocycles. The van der Waals surface area contributed by atoms with Gasteiger partial charge in [0.25, 0.3) is 0 Å². The summed E-state index contributed by atoms with van der Waals surface area (Å²) in [4.78, 5) is 38.6. The van der Waals surface area contributed by atoms with Crippen LogP contribution in [0.15, 0.2) is 85.2 Å². The second-order valence-electron chi connectivity index (χ2n) is 11.3. The molecule has 0 saturated carbocycles. The number of rotatable bonds is 8. The number of nitrogens with one attached hydrogen (secondary N) is 4. The Morgan fingerprint density at radius 2 is 1.74 bits per heavy atom. The minimum atomic E-state index is -0.661. The molecule has 9 nitrogen and oxygen atoms in total. The molecule has 0 bridgehead atoms. The van der Waals surface area contributed by atoms with Crippen molar-refractivity contribution in [1.29, 1.82) is 0 Å². The lowest BCUT2D eigenvalue weighted by atomic mass is 10.0. The number of alkyl carbamates (subject to hydrolysis) is 1. The lowest BCUT2D eigenvalue weighted by Crippen LogP contribution is -2.51. The van der Waals surface area contributed by atoms with Crippen LogP contribution in [0.5, 0.6) is 0 Å². The molecule has 1 fully saturated rings. The Labute approximate surface area is 250 Å². The lowest BCUT2D eigenvalue weighted by Gasteiger charge is -2.30. The molecule has 3 aromatic carbocycles. The Morgan fingerprint density at radius 1 is 1.00 bits per heavy atom. The number of amides is 2. The molecule has 0 unspecified atom stereocenters. The van der Waals surface area contributed by atoms with Crippen LogP contribution in [-0.2, 0) is 9.53 Å². The number of aromatic amines is 2. The first kappa shape index (κ1) is 28.1. The van der Waals surface area contributed by atoms with Crippen molar-refractivity contribution >= 4 is 34.3 Å². The number of aromatic nitrogens is 3. The summed E-state index contributed by atoms with van der Waals surface area (Å²) >= 11 is 0. The summed E-state index contributed by atoms with van der Waals surface area (Å²) in [6.07, 6.45) is 4.90. The molecule has 1 saturated heterocycles. The lowest BCUT2D eigenvalue weighted by molar-refractivity contribution is -0.135. The van der Waals surface area contributed by atoms with E-state index in [4.69, 9.17) is 4.74 Å². The number of anilines is 2. The first-order chi connectivity index (χ1) is 20.9. The van der Waals surface area contributed by atoms with E-state index in [2.05, 4.69) is 80.2 Å². The van der Waals surface area contributed by atoms with Crippen molar-refractivity contribution in [2.75, 3.05) is 19.0 Å². The fraction of sp³-hybridized carbons (Fsp3) is 0.265. The van der Waals surface area contributed by atoms with Gasteiger partial charge < -0.3 is 30.2 Å².